The van der Waals surface area contributed by atoms with E-state index in [1.165, 1.54) is 18.0 Å². The van der Waals surface area contributed by atoms with Crippen molar-refractivity contribution in [3.05, 3.63) is 53.7 Å². The number of hydrogen-bond acceptors (Lipinski definition) is 5. The van der Waals surface area contributed by atoms with Crippen molar-refractivity contribution in [1.29, 1.82) is 0 Å². The Hall–Kier alpha value is -2.08. The molecule has 1 N–H and O–H groups in total. The number of thioether (sulfide) groups is 1. The van der Waals surface area contributed by atoms with Gasteiger partial charge in [0.15, 0.2) is 11.6 Å². The van der Waals surface area contributed by atoms with Gasteiger partial charge in [0.05, 0.1) is 0 Å². The van der Waals surface area contributed by atoms with Crippen molar-refractivity contribution in [2.24, 2.45) is 0 Å². The van der Waals surface area contributed by atoms with Gasteiger partial charge < -0.3 is 9.73 Å². The molecular weight excluding hydrogens is 300 g/mol. The van der Waals surface area contributed by atoms with Crippen LogP contribution in [0.5, 0.6) is 0 Å². The third-order valence-corrected chi connectivity index (χ3v) is 4.75. The van der Waals surface area contributed by atoms with Crippen molar-refractivity contribution >= 4 is 22.8 Å². The molecular formula is C16H16N2O3S. The lowest BCUT2D eigenvalue weighted by molar-refractivity contribution is -0.115. The van der Waals surface area contributed by atoms with E-state index >= 15 is 0 Å². The van der Waals surface area contributed by atoms with E-state index in [4.69, 9.17) is 4.42 Å². The highest BCUT2D eigenvalue weighted by atomic mass is 32.2. The summed E-state index contributed by atoms with van der Waals surface area (Å²) < 4.78 is 5.07. The maximum atomic E-state index is 12.2. The average molecular weight is 316 g/mol. The Labute approximate surface area is 132 Å². The second-order valence-electron chi connectivity index (χ2n) is 5.72. The van der Waals surface area contributed by atoms with Crippen LogP contribution < -0.4 is 5.32 Å². The third-order valence-electron chi connectivity index (χ3n) is 3.55. The normalized spacial score (nSPS) is 19.5. The van der Waals surface area contributed by atoms with E-state index in [0.29, 0.717) is 12.3 Å². The summed E-state index contributed by atoms with van der Waals surface area (Å²) in [5.41, 5.74) is 1.26. The summed E-state index contributed by atoms with van der Waals surface area (Å²) in [4.78, 5) is 27.9. The largest absolute Gasteiger partial charge is 0.448 e. The van der Waals surface area contributed by atoms with Gasteiger partial charge in [0.1, 0.15) is 12.3 Å². The number of aromatic nitrogens is 1. The zero-order valence-electron chi connectivity index (χ0n) is 12.3. The van der Waals surface area contributed by atoms with Gasteiger partial charge in [0.25, 0.3) is 5.91 Å². The number of oxazole rings is 1. The van der Waals surface area contributed by atoms with Crippen molar-refractivity contribution in [2.45, 2.75) is 31.1 Å². The van der Waals surface area contributed by atoms with Crippen molar-refractivity contribution in [3.63, 3.8) is 0 Å². The summed E-state index contributed by atoms with van der Waals surface area (Å²) in [6, 6.07) is 9.28. The van der Waals surface area contributed by atoms with E-state index in [-0.39, 0.29) is 21.5 Å². The molecule has 1 aliphatic rings. The van der Waals surface area contributed by atoms with Crippen LogP contribution in [0.2, 0.25) is 0 Å². The third kappa shape index (κ3) is 2.92. The lowest BCUT2D eigenvalue weighted by Crippen LogP contribution is -2.59. The van der Waals surface area contributed by atoms with Crippen molar-refractivity contribution in [2.75, 3.05) is 0 Å². The second kappa shape index (κ2) is 5.61. The molecule has 5 nitrogen and oxygen atoms in total. The summed E-state index contributed by atoms with van der Waals surface area (Å²) in [6.45, 7) is 3.85. The van der Waals surface area contributed by atoms with Crippen molar-refractivity contribution < 1.29 is 14.0 Å². The second-order valence-corrected chi connectivity index (χ2v) is 7.38. The predicted octanol–water partition coefficient (Wildman–Crippen LogP) is 2.42. The molecule has 0 saturated carbocycles. The van der Waals surface area contributed by atoms with E-state index in [0.717, 1.165) is 5.56 Å². The van der Waals surface area contributed by atoms with E-state index in [1.807, 2.05) is 44.2 Å². The number of benzene rings is 1. The highest BCUT2D eigenvalue weighted by Crippen LogP contribution is 2.41. The molecule has 1 aromatic heterocycles. The lowest BCUT2D eigenvalue weighted by atomic mass is 10.0. The number of carbonyl (C=O) groups excluding carboxylic acids is 2. The fraction of sp³-hybridized carbons (Fsp3) is 0.312. The molecule has 0 radical (unpaired) electrons. The Morgan fingerprint density at radius 1 is 1.36 bits per heavy atom. The van der Waals surface area contributed by atoms with Crippen LogP contribution in [-0.4, -0.2) is 26.8 Å². The van der Waals surface area contributed by atoms with Gasteiger partial charge in [-0.1, -0.05) is 42.1 Å². The van der Waals surface area contributed by atoms with E-state index in [9.17, 15) is 9.59 Å². The van der Waals surface area contributed by atoms with Crippen LogP contribution in [-0.2, 0) is 11.2 Å². The number of hydrogen-bond donors (Lipinski definition) is 1. The summed E-state index contributed by atoms with van der Waals surface area (Å²) in [5.74, 6) is 0.0970. The molecule has 0 aliphatic carbocycles. The lowest BCUT2D eigenvalue weighted by Gasteiger charge is -2.41. The number of carbonyl (C=O) groups is 2. The number of nitrogens with one attached hydrogen (secondary N) is 1. The number of rotatable bonds is 4. The molecule has 2 aromatic rings. The molecule has 1 amide bonds. The van der Waals surface area contributed by atoms with Gasteiger partial charge in [0.2, 0.25) is 5.12 Å². The highest BCUT2D eigenvalue weighted by molar-refractivity contribution is 8.17. The Kier molecular flexibility index (Phi) is 3.78. The molecule has 114 valence electrons. The Bertz CT molecular complexity index is 709. The molecule has 1 aliphatic heterocycles. The Morgan fingerprint density at radius 2 is 2.09 bits per heavy atom. The van der Waals surface area contributed by atoms with Crippen molar-refractivity contribution in [3.8, 4) is 0 Å². The minimum absolute atomic E-state index is 0.0219. The van der Waals surface area contributed by atoms with Crippen LogP contribution in [0, 0.1) is 0 Å². The Morgan fingerprint density at radius 3 is 2.73 bits per heavy atom. The van der Waals surface area contributed by atoms with Gasteiger partial charge in [-0.25, -0.2) is 4.98 Å². The van der Waals surface area contributed by atoms with E-state index in [1.54, 1.807) is 0 Å². The Balaban J connectivity index is 1.66. The molecule has 1 atom stereocenters. The predicted molar refractivity (Wildman–Crippen MR) is 83.7 cm³/mol. The zero-order chi connectivity index (χ0) is 15.7. The molecule has 3 rings (SSSR count). The first-order valence-corrected chi connectivity index (χ1v) is 7.79. The maximum absolute atomic E-state index is 12.2. The van der Waals surface area contributed by atoms with Crippen molar-refractivity contribution in [1.82, 2.24) is 10.3 Å². The molecule has 0 spiro atoms. The molecule has 2 heterocycles. The summed E-state index contributed by atoms with van der Waals surface area (Å²) in [7, 11) is 0. The van der Waals surface area contributed by atoms with Gasteiger partial charge in [-0.05, 0) is 19.4 Å². The average Bonchev–Trinajstić information content (AvgIpc) is 2.94. The fourth-order valence-corrected chi connectivity index (χ4v) is 3.40. The van der Waals surface area contributed by atoms with Crippen LogP contribution >= 0.6 is 11.8 Å². The van der Waals surface area contributed by atoms with Gasteiger partial charge in [0, 0.05) is 11.2 Å². The van der Waals surface area contributed by atoms with E-state index in [2.05, 4.69) is 10.3 Å². The minimum Gasteiger partial charge on any atom is -0.448 e. The molecule has 0 unspecified atom stereocenters. The summed E-state index contributed by atoms with van der Waals surface area (Å²) in [5, 5.41) is 2.70. The van der Waals surface area contributed by atoms with Gasteiger partial charge in [-0.2, -0.15) is 0 Å². The topological polar surface area (TPSA) is 72.2 Å². The molecule has 1 aromatic carbocycles. The molecule has 1 fully saturated rings. The number of nitrogens with zero attached hydrogens (tertiary/aromatic N) is 1. The SMILES string of the molecule is CC1(C)SC(=O)[C@H]1NC(=O)c1coc(Cc2ccccc2)n1. The van der Waals surface area contributed by atoms with Crippen LogP contribution in [0.25, 0.3) is 0 Å². The van der Waals surface area contributed by atoms with Crippen LogP contribution in [0.3, 0.4) is 0 Å². The summed E-state index contributed by atoms with van der Waals surface area (Å²) in [6.07, 6.45) is 1.86. The van der Waals surface area contributed by atoms with Gasteiger partial charge in [-0.15, -0.1) is 0 Å². The first-order chi connectivity index (χ1) is 10.5. The van der Waals surface area contributed by atoms with Gasteiger partial charge >= 0.3 is 0 Å². The smallest absolute Gasteiger partial charge is 0.273 e. The van der Waals surface area contributed by atoms with Crippen LogP contribution in [0.4, 0.5) is 0 Å². The fourth-order valence-electron chi connectivity index (χ4n) is 2.31. The first-order valence-electron chi connectivity index (χ1n) is 6.98. The molecule has 1 saturated heterocycles. The van der Waals surface area contributed by atoms with E-state index < -0.39 is 6.04 Å². The zero-order valence-corrected chi connectivity index (χ0v) is 13.1. The summed E-state index contributed by atoms with van der Waals surface area (Å²) >= 11 is 1.24. The first kappa shape index (κ1) is 14.8. The number of amides is 1. The molecule has 0 bridgehead atoms. The standard InChI is InChI=1S/C16H16N2O3S/c1-16(2)13(15(20)22-16)18-14(19)11-9-21-12(17-11)8-10-6-4-3-5-7-10/h3-7,9,13H,8H2,1-2H3,(H,18,19)/t13-/m1/s1. The van der Waals surface area contributed by atoms with Gasteiger partial charge in [-0.3, -0.25) is 9.59 Å². The molecule has 6 heteroatoms. The van der Waals surface area contributed by atoms with Crippen LogP contribution in [0.1, 0.15) is 35.8 Å². The molecule has 22 heavy (non-hydrogen) atoms. The van der Waals surface area contributed by atoms with Crippen LogP contribution in [0.15, 0.2) is 41.0 Å². The maximum Gasteiger partial charge on any atom is 0.273 e. The highest BCUT2D eigenvalue weighted by Gasteiger charge is 2.49. The minimum atomic E-state index is -0.473. The quantitative estimate of drug-likeness (QED) is 0.938. The monoisotopic (exact) mass is 316 g/mol.